The van der Waals surface area contributed by atoms with Crippen molar-refractivity contribution < 1.29 is 9.59 Å². The van der Waals surface area contributed by atoms with Gasteiger partial charge in [0, 0.05) is 22.7 Å². The van der Waals surface area contributed by atoms with E-state index in [2.05, 4.69) is 15.3 Å². The first-order valence-electron chi connectivity index (χ1n) is 11.9. The highest BCUT2D eigenvalue weighted by atomic mass is 16.2. The Morgan fingerprint density at radius 2 is 1.39 bits per heavy atom. The lowest BCUT2D eigenvalue weighted by Gasteiger charge is -2.54. The normalized spacial score (nSPS) is 27.5. The van der Waals surface area contributed by atoms with Crippen molar-refractivity contribution in [1.82, 2.24) is 15.3 Å². The summed E-state index contributed by atoms with van der Waals surface area (Å²) in [7, 11) is 0. The molecule has 4 bridgehead atoms. The van der Waals surface area contributed by atoms with Gasteiger partial charge in [0.25, 0.3) is 5.91 Å². The van der Waals surface area contributed by atoms with Crippen LogP contribution in [0.15, 0.2) is 54.7 Å². The first-order chi connectivity index (χ1) is 16.0. The van der Waals surface area contributed by atoms with Gasteiger partial charge in [0.1, 0.15) is 5.82 Å². The van der Waals surface area contributed by atoms with E-state index in [1.54, 1.807) is 18.3 Å². The number of benzene rings is 2. The summed E-state index contributed by atoms with van der Waals surface area (Å²) in [5.74, 6) is 3.45. The molecule has 0 saturated heterocycles. The van der Waals surface area contributed by atoms with Crippen LogP contribution >= 0.6 is 0 Å². The number of H-pyrrole nitrogens is 1. The first-order valence-corrected chi connectivity index (χ1v) is 11.9. The number of aromatic amines is 1. The van der Waals surface area contributed by atoms with Crippen LogP contribution in [0.2, 0.25) is 0 Å². The fourth-order valence-corrected chi connectivity index (χ4v) is 6.60. The molecule has 1 heterocycles. The summed E-state index contributed by atoms with van der Waals surface area (Å²) < 4.78 is 0. The van der Waals surface area contributed by atoms with Crippen LogP contribution in [0.5, 0.6) is 0 Å². The number of aromatic nitrogens is 2. The Morgan fingerprint density at radius 1 is 0.818 bits per heavy atom. The third-order valence-corrected chi connectivity index (χ3v) is 8.00. The number of amides is 2. The van der Waals surface area contributed by atoms with Gasteiger partial charge in [-0.15, -0.1) is 0 Å². The van der Waals surface area contributed by atoms with E-state index in [4.69, 9.17) is 5.73 Å². The van der Waals surface area contributed by atoms with Crippen molar-refractivity contribution in [3.63, 3.8) is 0 Å². The Balaban J connectivity index is 1.14. The van der Waals surface area contributed by atoms with E-state index in [1.165, 1.54) is 32.1 Å². The van der Waals surface area contributed by atoms with Gasteiger partial charge in [-0.1, -0.05) is 24.3 Å². The van der Waals surface area contributed by atoms with Gasteiger partial charge in [-0.05, 0) is 85.6 Å². The van der Waals surface area contributed by atoms with Crippen LogP contribution in [0.25, 0.3) is 22.6 Å². The molecule has 0 atom stereocenters. The number of rotatable bonds is 5. The monoisotopic (exact) mass is 440 g/mol. The Labute approximate surface area is 193 Å². The van der Waals surface area contributed by atoms with Gasteiger partial charge in [-0.3, -0.25) is 9.59 Å². The maximum absolute atomic E-state index is 13.0. The smallest absolute Gasteiger partial charge is 0.251 e. The lowest BCUT2D eigenvalue weighted by Crippen LogP contribution is -2.55. The van der Waals surface area contributed by atoms with Crippen LogP contribution in [0.3, 0.4) is 0 Å². The average Bonchev–Trinajstić information content (AvgIpc) is 3.31. The zero-order chi connectivity index (χ0) is 22.5. The fourth-order valence-electron chi connectivity index (χ4n) is 6.60. The molecular formula is C27H28N4O2. The number of primary amides is 1. The first kappa shape index (κ1) is 20.2. The number of nitrogens with two attached hydrogens (primary N) is 1. The van der Waals surface area contributed by atoms with Gasteiger partial charge in [0.2, 0.25) is 5.91 Å². The predicted molar refractivity (Wildman–Crippen MR) is 126 cm³/mol. The summed E-state index contributed by atoms with van der Waals surface area (Å²) in [6.07, 6.45) is 8.38. The van der Waals surface area contributed by atoms with Crippen molar-refractivity contribution in [2.45, 2.75) is 38.1 Å². The SMILES string of the molecule is NC(=O)c1ccc(-c2ncc(-c3ccc(C(=O)NC4C5CC6CC(C5)CC4C6)cc3)[nH]2)cc1. The highest BCUT2D eigenvalue weighted by Crippen LogP contribution is 2.53. The molecule has 6 nitrogen and oxygen atoms in total. The van der Waals surface area contributed by atoms with E-state index in [0.717, 1.165) is 28.7 Å². The predicted octanol–water partition coefficient (Wildman–Crippen LogP) is 4.40. The maximum Gasteiger partial charge on any atom is 0.251 e. The van der Waals surface area contributed by atoms with Gasteiger partial charge >= 0.3 is 0 Å². The number of carbonyl (C=O) groups excluding carboxylic acids is 2. The van der Waals surface area contributed by atoms with Crippen LogP contribution in [-0.2, 0) is 0 Å². The van der Waals surface area contributed by atoms with Gasteiger partial charge in [0.15, 0.2) is 0 Å². The number of carbonyl (C=O) groups is 2. The standard InChI is InChI=1S/C27H28N4O2/c28-25(32)18-3-5-19(6-4-18)26-29-14-23(30-26)17-1-7-20(8-2-17)27(33)31-24-21-10-15-9-16(12-21)13-22(24)11-15/h1-8,14-16,21-22,24H,9-13H2,(H2,28,32)(H,29,30)(H,31,33). The van der Waals surface area contributed by atoms with Gasteiger partial charge in [-0.25, -0.2) is 4.98 Å². The minimum absolute atomic E-state index is 0.0406. The highest BCUT2D eigenvalue weighted by molar-refractivity contribution is 5.95. The lowest BCUT2D eigenvalue weighted by molar-refractivity contribution is -0.0119. The molecule has 4 aliphatic carbocycles. The van der Waals surface area contributed by atoms with Crippen LogP contribution in [0.1, 0.15) is 52.8 Å². The summed E-state index contributed by atoms with van der Waals surface area (Å²) in [5.41, 5.74) is 9.19. The second kappa shape index (κ2) is 7.87. The molecule has 0 unspecified atom stereocenters. The van der Waals surface area contributed by atoms with Crippen LogP contribution in [0.4, 0.5) is 0 Å². The molecule has 2 aromatic carbocycles. The van der Waals surface area contributed by atoms with Crippen LogP contribution in [0, 0.1) is 23.7 Å². The molecule has 2 amide bonds. The molecule has 33 heavy (non-hydrogen) atoms. The van der Waals surface area contributed by atoms with Gasteiger partial charge in [-0.2, -0.15) is 0 Å². The van der Waals surface area contributed by atoms with Crippen molar-refractivity contribution in [2.75, 3.05) is 0 Å². The molecule has 4 aliphatic rings. The Kier molecular flexibility index (Phi) is 4.82. The Hall–Kier alpha value is -3.41. The van der Waals surface area contributed by atoms with E-state index < -0.39 is 5.91 Å². The Bertz CT molecular complexity index is 1170. The van der Waals surface area contributed by atoms with E-state index in [9.17, 15) is 9.59 Å². The molecule has 0 aliphatic heterocycles. The quantitative estimate of drug-likeness (QED) is 0.548. The van der Waals surface area contributed by atoms with E-state index in [-0.39, 0.29) is 5.91 Å². The van der Waals surface area contributed by atoms with Gasteiger partial charge in [0.05, 0.1) is 11.9 Å². The molecule has 4 saturated carbocycles. The molecule has 3 aromatic rings. The molecular weight excluding hydrogens is 412 g/mol. The molecule has 0 spiro atoms. The largest absolute Gasteiger partial charge is 0.366 e. The van der Waals surface area contributed by atoms with Crippen molar-refractivity contribution in [3.05, 3.63) is 65.9 Å². The van der Waals surface area contributed by atoms with Crippen LogP contribution in [-0.4, -0.2) is 27.8 Å². The Morgan fingerprint density at radius 3 is 2.00 bits per heavy atom. The minimum atomic E-state index is -0.450. The summed E-state index contributed by atoms with van der Waals surface area (Å²) in [6.45, 7) is 0. The third kappa shape index (κ3) is 3.73. The molecule has 0 radical (unpaired) electrons. The second-order valence-corrected chi connectivity index (χ2v) is 10.1. The molecule has 168 valence electrons. The van der Waals surface area contributed by atoms with Crippen molar-refractivity contribution in [1.29, 1.82) is 0 Å². The number of imidazole rings is 1. The fraction of sp³-hybridized carbons (Fsp3) is 0.370. The number of nitrogens with zero attached hydrogens (tertiary/aromatic N) is 1. The van der Waals surface area contributed by atoms with E-state index in [0.29, 0.717) is 34.8 Å². The van der Waals surface area contributed by atoms with Crippen LogP contribution < -0.4 is 11.1 Å². The topological polar surface area (TPSA) is 101 Å². The number of hydrogen-bond acceptors (Lipinski definition) is 3. The van der Waals surface area contributed by atoms with Crippen molar-refractivity contribution in [3.8, 4) is 22.6 Å². The molecule has 4 N–H and O–H groups in total. The molecule has 4 fully saturated rings. The summed E-state index contributed by atoms with van der Waals surface area (Å²) in [6, 6.07) is 15.1. The maximum atomic E-state index is 13.0. The lowest BCUT2D eigenvalue weighted by atomic mass is 9.54. The zero-order valence-electron chi connectivity index (χ0n) is 18.5. The zero-order valence-corrected chi connectivity index (χ0v) is 18.5. The third-order valence-electron chi connectivity index (χ3n) is 8.00. The average molecular weight is 441 g/mol. The highest BCUT2D eigenvalue weighted by Gasteiger charge is 2.48. The summed E-state index contributed by atoms with van der Waals surface area (Å²) in [5, 5.41) is 3.38. The molecule has 6 heteroatoms. The number of nitrogens with one attached hydrogen (secondary N) is 2. The van der Waals surface area contributed by atoms with E-state index >= 15 is 0 Å². The van der Waals surface area contributed by atoms with Gasteiger partial charge < -0.3 is 16.0 Å². The second-order valence-electron chi connectivity index (χ2n) is 10.1. The minimum Gasteiger partial charge on any atom is -0.366 e. The van der Waals surface area contributed by atoms with E-state index in [1.807, 2.05) is 36.4 Å². The summed E-state index contributed by atoms with van der Waals surface area (Å²) in [4.78, 5) is 32.0. The molecule has 1 aromatic heterocycles. The van der Waals surface area contributed by atoms with Crippen molar-refractivity contribution >= 4 is 11.8 Å². The summed E-state index contributed by atoms with van der Waals surface area (Å²) >= 11 is 0. The molecule has 7 rings (SSSR count). The number of hydrogen-bond donors (Lipinski definition) is 3. The van der Waals surface area contributed by atoms with Crippen molar-refractivity contribution in [2.24, 2.45) is 29.4 Å².